The number of nitrogen functional groups attached to an aromatic ring is 1. The normalized spacial score (nSPS) is 12.5. The van der Waals surface area contributed by atoms with E-state index in [1.807, 2.05) is 0 Å². The predicted molar refractivity (Wildman–Crippen MR) is 50.0 cm³/mol. The lowest BCUT2D eigenvalue weighted by Crippen LogP contribution is -2.21. The third kappa shape index (κ3) is 3.33. The molecule has 0 saturated heterocycles. The highest BCUT2D eigenvalue weighted by Gasteiger charge is 2.05. The number of aliphatic hydroxyl groups excluding tert-OH is 2. The van der Waals surface area contributed by atoms with Gasteiger partial charge in [0.15, 0.2) is 0 Å². The van der Waals surface area contributed by atoms with E-state index in [1.54, 1.807) is 0 Å². The number of hydrogen-bond acceptors (Lipinski definition) is 6. The average Bonchev–Trinajstić information content (AvgIpc) is 2.12. The SMILES string of the molecule is Nc1nc(Cl)cc(OCC(O)CO)n1. The quantitative estimate of drug-likeness (QED) is 0.587. The molecular formula is C7H10ClN3O3. The van der Waals surface area contributed by atoms with E-state index >= 15 is 0 Å². The average molecular weight is 220 g/mol. The van der Waals surface area contributed by atoms with Crippen molar-refractivity contribution in [3.63, 3.8) is 0 Å². The van der Waals surface area contributed by atoms with Gasteiger partial charge in [0, 0.05) is 6.07 Å². The molecule has 0 aromatic carbocycles. The Morgan fingerprint density at radius 1 is 1.57 bits per heavy atom. The molecule has 0 spiro atoms. The maximum atomic E-state index is 8.98. The van der Waals surface area contributed by atoms with Crippen LogP contribution in [0.2, 0.25) is 5.15 Å². The molecule has 1 unspecified atom stereocenters. The summed E-state index contributed by atoms with van der Waals surface area (Å²) in [7, 11) is 0. The van der Waals surface area contributed by atoms with Crippen LogP contribution in [0.5, 0.6) is 5.88 Å². The number of nitrogens with zero attached hydrogens (tertiary/aromatic N) is 2. The highest BCUT2D eigenvalue weighted by molar-refractivity contribution is 6.29. The van der Waals surface area contributed by atoms with Crippen molar-refractivity contribution in [3.8, 4) is 5.88 Å². The molecule has 1 aromatic heterocycles. The highest BCUT2D eigenvalue weighted by Crippen LogP contribution is 2.14. The van der Waals surface area contributed by atoms with Crippen molar-refractivity contribution in [2.75, 3.05) is 18.9 Å². The summed E-state index contributed by atoms with van der Waals surface area (Å²) in [6.45, 7) is -0.461. The largest absolute Gasteiger partial charge is 0.475 e. The number of rotatable bonds is 4. The van der Waals surface area contributed by atoms with E-state index in [2.05, 4.69) is 9.97 Å². The van der Waals surface area contributed by atoms with Crippen molar-refractivity contribution in [1.82, 2.24) is 9.97 Å². The van der Waals surface area contributed by atoms with E-state index in [4.69, 9.17) is 32.3 Å². The third-order valence-corrected chi connectivity index (χ3v) is 1.52. The van der Waals surface area contributed by atoms with Crippen LogP contribution in [-0.4, -0.2) is 39.5 Å². The number of aliphatic hydroxyl groups is 2. The van der Waals surface area contributed by atoms with Gasteiger partial charge in [0.05, 0.1) is 6.61 Å². The number of halogens is 1. The van der Waals surface area contributed by atoms with Crippen LogP contribution in [0, 0.1) is 0 Å². The maximum Gasteiger partial charge on any atom is 0.224 e. The fourth-order valence-electron chi connectivity index (χ4n) is 0.722. The van der Waals surface area contributed by atoms with Crippen LogP contribution in [0.3, 0.4) is 0 Å². The molecule has 0 fully saturated rings. The van der Waals surface area contributed by atoms with E-state index in [0.717, 1.165) is 0 Å². The lowest BCUT2D eigenvalue weighted by atomic mass is 10.4. The van der Waals surface area contributed by atoms with Gasteiger partial charge in [-0.15, -0.1) is 0 Å². The summed E-state index contributed by atoms with van der Waals surface area (Å²) in [5.74, 6) is 0.154. The smallest absolute Gasteiger partial charge is 0.224 e. The van der Waals surface area contributed by atoms with Gasteiger partial charge in [0.25, 0.3) is 0 Å². The first-order chi connectivity index (χ1) is 6.61. The van der Waals surface area contributed by atoms with Gasteiger partial charge in [-0.2, -0.15) is 4.98 Å². The number of anilines is 1. The second-order valence-electron chi connectivity index (χ2n) is 2.53. The second kappa shape index (κ2) is 4.94. The summed E-state index contributed by atoms with van der Waals surface area (Å²) in [4.78, 5) is 7.33. The van der Waals surface area contributed by atoms with Crippen molar-refractivity contribution in [2.24, 2.45) is 0 Å². The standard InChI is InChI=1S/C7H10ClN3O3/c8-5-1-6(11-7(9)10-5)14-3-4(13)2-12/h1,4,12-13H,2-3H2,(H2,9,10,11). The van der Waals surface area contributed by atoms with Gasteiger partial charge in [0.2, 0.25) is 11.8 Å². The Labute approximate surface area is 85.3 Å². The minimum absolute atomic E-state index is 0.00834. The minimum Gasteiger partial charge on any atom is -0.475 e. The van der Waals surface area contributed by atoms with E-state index in [9.17, 15) is 0 Å². The van der Waals surface area contributed by atoms with E-state index in [0.29, 0.717) is 0 Å². The zero-order chi connectivity index (χ0) is 10.6. The van der Waals surface area contributed by atoms with Crippen molar-refractivity contribution >= 4 is 17.5 Å². The zero-order valence-corrected chi connectivity index (χ0v) is 7.98. The molecule has 0 aliphatic rings. The summed E-state index contributed by atoms with van der Waals surface area (Å²) in [6.07, 6.45) is -0.954. The van der Waals surface area contributed by atoms with Gasteiger partial charge in [-0.05, 0) is 0 Å². The summed E-state index contributed by atoms with van der Waals surface area (Å²) in [5.41, 5.74) is 5.30. The molecule has 6 nitrogen and oxygen atoms in total. The first kappa shape index (κ1) is 11.0. The van der Waals surface area contributed by atoms with Crippen molar-refractivity contribution in [2.45, 2.75) is 6.10 Å². The molecule has 0 bridgehead atoms. The monoisotopic (exact) mass is 219 g/mol. The van der Waals surface area contributed by atoms with Gasteiger partial charge in [-0.25, -0.2) is 4.98 Å². The molecule has 1 atom stereocenters. The first-order valence-corrected chi connectivity index (χ1v) is 4.21. The number of hydrogen-bond donors (Lipinski definition) is 3. The maximum absolute atomic E-state index is 8.98. The number of nitrogens with two attached hydrogens (primary N) is 1. The zero-order valence-electron chi connectivity index (χ0n) is 7.22. The summed E-state index contributed by atoms with van der Waals surface area (Å²) < 4.78 is 4.99. The highest BCUT2D eigenvalue weighted by atomic mass is 35.5. The summed E-state index contributed by atoms with van der Waals surface area (Å²) >= 11 is 5.58. The first-order valence-electron chi connectivity index (χ1n) is 3.83. The summed E-state index contributed by atoms with van der Waals surface area (Å²) in [6, 6.07) is 1.36. The molecule has 78 valence electrons. The lowest BCUT2D eigenvalue weighted by Gasteiger charge is -2.08. The van der Waals surface area contributed by atoms with Gasteiger partial charge < -0.3 is 20.7 Å². The Morgan fingerprint density at radius 3 is 2.86 bits per heavy atom. The Hall–Kier alpha value is -1.11. The fourth-order valence-corrected chi connectivity index (χ4v) is 0.902. The fraction of sp³-hybridized carbons (Fsp3) is 0.429. The predicted octanol–water partition coefficient (Wildman–Crippen LogP) is -0.556. The van der Waals surface area contributed by atoms with Gasteiger partial charge >= 0.3 is 0 Å². The molecule has 7 heteroatoms. The molecule has 0 amide bonds. The van der Waals surface area contributed by atoms with E-state index in [-0.39, 0.29) is 30.2 Å². The molecule has 0 radical (unpaired) electrons. The molecule has 0 saturated carbocycles. The molecule has 0 aliphatic carbocycles. The molecule has 1 rings (SSSR count). The van der Waals surface area contributed by atoms with Crippen molar-refractivity contribution < 1.29 is 14.9 Å². The number of ether oxygens (including phenoxy) is 1. The molecule has 1 aromatic rings. The molecular weight excluding hydrogens is 210 g/mol. The van der Waals surface area contributed by atoms with Crippen LogP contribution in [0.4, 0.5) is 5.95 Å². The lowest BCUT2D eigenvalue weighted by molar-refractivity contribution is 0.0521. The second-order valence-corrected chi connectivity index (χ2v) is 2.92. The van der Waals surface area contributed by atoms with Crippen molar-refractivity contribution in [1.29, 1.82) is 0 Å². The van der Waals surface area contributed by atoms with Crippen LogP contribution in [-0.2, 0) is 0 Å². The molecule has 14 heavy (non-hydrogen) atoms. The minimum atomic E-state index is -0.954. The Morgan fingerprint density at radius 2 is 2.29 bits per heavy atom. The van der Waals surface area contributed by atoms with Gasteiger partial charge in [-0.1, -0.05) is 11.6 Å². The Kier molecular flexibility index (Phi) is 3.87. The summed E-state index contributed by atoms with van der Waals surface area (Å²) in [5, 5.41) is 17.6. The Balaban J connectivity index is 2.58. The third-order valence-electron chi connectivity index (χ3n) is 1.32. The van der Waals surface area contributed by atoms with Crippen LogP contribution in [0.1, 0.15) is 0 Å². The van der Waals surface area contributed by atoms with Gasteiger partial charge in [0.1, 0.15) is 17.9 Å². The van der Waals surface area contributed by atoms with Crippen LogP contribution < -0.4 is 10.5 Å². The van der Waals surface area contributed by atoms with Gasteiger partial charge in [-0.3, -0.25) is 0 Å². The van der Waals surface area contributed by atoms with E-state index in [1.165, 1.54) is 6.07 Å². The molecule has 1 heterocycles. The Bertz CT molecular complexity index is 290. The number of aromatic nitrogens is 2. The molecule has 0 aliphatic heterocycles. The van der Waals surface area contributed by atoms with Crippen molar-refractivity contribution in [3.05, 3.63) is 11.2 Å². The topological polar surface area (TPSA) is 101 Å². The van der Waals surface area contributed by atoms with E-state index < -0.39 is 6.10 Å². The molecule has 4 N–H and O–H groups in total. The van der Waals surface area contributed by atoms with Crippen LogP contribution in [0.15, 0.2) is 6.07 Å². The van der Waals surface area contributed by atoms with Crippen LogP contribution in [0.25, 0.3) is 0 Å². The van der Waals surface area contributed by atoms with Crippen LogP contribution >= 0.6 is 11.6 Å².